The average Bonchev–Trinajstić information content (AvgIpc) is 2.83. The van der Waals surface area contributed by atoms with Crippen molar-refractivity contribution in [3.63, 3.8) is 0 Å². The first-order chi connectivity index (χ1) is 16.3. The van der Waals surface area contributed by atoms with Crippen LogP contribution in [0.15, 0.2) is 36.7 Å². The van der Waals surface area contributed by atoms with Crippen LogP contribution in [0.2, 0.25) is 10.0 Å². The predicted molar refractivity (Wildman–Crippen MR) is 134 cm³/mol. The Bertz CT molecular complexity index is 1200. The van der Waals surface area contributed by atoms with E-state index in [9.17, 15) is 4.39 Å². The van der Waals surface area contributed by atoms with Crippen molar-refractivity contribution in [3.8, 4) is 22.6 Å². The Labute approximate surface area is 208 Å². The van der Waals surface area contributed by atoms with Gasteiger partial charge in [-0.15, -0.1) is 0 Å². The number of aromatic nitrogens is 2. The van der Waals surface area contributed by atoms with Gasteiger partial charge in [-0.1, -0.05) is 23.2 Å². The molecule has 0 bridgehead atoms. The molecule has 0 aliphatic carbocycles. The number of nitrogens with two attached hydrogens (primary N) is 1. The molecule has 7 nitrogen and oxygen atoms in total. The van der Waals surface area contributed by atoms with Crippen LogP contribution in [-0.4, -0.2) is 42.8 Å². The molecular formula is C24H26Cl2FN5O2. The van der Waals surface area contributed by atoms with Gasteiger partial charge in [0.2, 0.25) is 0 Å². The second-order valence-corrected chi connectivity index (χ2v) is 8.90. The van der Waals surface area contributed by atoms with Crippen LogP contribution in [0.1, 0.15) is 25.5 Å². The topological polar surface area (TPSA) is 85.5 Å². The van der Waals surface area contributed by atoms with Gasteiger partial charge in [0.05, 0.1) is 12.1 Å². The number of anilines is 2. The molecule has 3 heterocycles. The maximum Gasteiger partial charge on any atom is 0.166 e. The molecule has 10 heteroatoms. The second kappa shape index (κ2) is 10.2. The molecule has 3 aromatic rings. The zero-order valence-corrected chi connectivity index (χ0v) is 20.6. The molecule has 1 saturated heterocycles. The zero-order valence-electron chi connectivity index (χ0n) is 19.1. The molecule has 34 heavy (non-hydrogen) atoms. The van der Waals surface area contributed by atoms with E-state index in [1.165, 1.54) is 12.1 Å². The van der Waals surface area contributed by atoms with E-state index >= 15 is 0 Å². The van der Waals surface area contributed by atoms with E-state index in [1.807, 2.05) is 6.07 Å². The number of nitrogens with zero attached hydrogens (tertiary/aromatic N) is 3. The van der Waals surface area contributed by atoms with Crippen LogP contribution in [0.25, 0.3) is 11.1 Å². The van der Waals surface area contributed by atoms with Gasteiger partial charge in [-0.3, -0.25) is 0 Å². The molecule has 0 amide bonds. The van der Waals surface area contributed by atoms with Gasteiger partial charge in [-0.25, -0.2) is 14.4 Å². The number of piperazine rings is 1. The predicted octanol–water partition coefficient (Wildman–Crippen LogP) is 5.12. The van der Waals surface area contributed by atoms with Gasteiger partial charge < -0.3 is 25.4 Å². The van der Waals surface area contributed by atoms with Crippen molar-refractivity contribution in [1.82, 2.24) is 15.3 Å². The summed E-state index contributed by atoms with van der Waals surface area (Å²) < 4.78 is 25.7. The maximum absolute atomic E-state index is 14.0. The van der Waals surface area contributed by atoms with Crippen molar-refractivity contribution >= 4 is 34.8 Å². The number of pyridine rings is 2. The smallest absolute Gasteiger partial charge is 0.166 e. The molecule has 0 spiro atoms. The summed E-state index contributed by atoms with van der Waals surface area (Å²) in [6.07, 6.45) is 2.71. The number of hydrogen-bond donors (Lipinski definition) is 2. The largest absolute Gasteiger partial charge is 0.496 e. The number of nitrogens with one attached hydrogen (secondary N) is 1. The molecule has 4 rings (SSSR count). The molecule has 0 saturated carbocycles. The summed E-state index contributed by atoms with van der Waals surface area (Å²) in [5, 5.41) is 3.58. The number of ether oxygens (including phenoxy) is 2. The Morgan fingerprint density at radius 2 is 2.00 bits per heavy atom. The van der Waals surface area contributed by atoms with E-state index in [0.717, 1.165) is 31.0 Å². The molecule has 2 aromatic heterocycles. The van der Waals surface area contributed by atoms with Crippen LogP contribution in [0, 0.1) is 5.82 Å². The fourth-order valence-electron chi connectivity index (χ4n) is 4.01. The second-order valence-electron chi connectivity index (χ2n) is 8.11. The monoisotopic (exact) mass is 505 g/mol. The Kier molecular flexibility index (Phi) is 7.30. The Balaban J connectivity index is 1.65. The Hall–Kier alpha value is -2.81. The first-order valence-corrected chi connectivity index (χ1v) is 11.6. The Morgan fingerprint density at radius 3 is 2.74 bits per heavy atom. The molecular weight excluding hydrogens is 480 g/mol. The number of methoxy groups -OCH3 is 1. The van der Waals surface area contributed by atoms with Gasteiger partial charge in [0.25, 0.3) is 0 Å². The van der Waals surface area contributed by atoms with Crippen molar-refractivity contribution in [2.45, 2.75) is 26.0 Å². The zero-order chi connectivity index (χ0) is 24.4. The third-order valence-corrected chi connectivity index (χ3v) is 6.56. The van der Waals surface area contributed by atoms with Crippen molar-refractivity contribution in [1.29, 1.82) is 0 Å². The number of rotatable bonds is 6. The van der Waals surface area contributed by atoms with Gasteiger partial charge in [-0.2, -0.15) is 0 Å². The number of halogens is 3. The van der Waals surface area contributed by atoms with Crippen LogP contribution >= 0.6 is 23.2 Å². The van der Waals surface area contributed by atoms with E-state index in [4.69, 9.17) is 38.4 Å². The van der Waals surface area contributed by atoms with Gasteiger partial charge >= 0.3 is 0 Å². The molecule has 0 radical (unpaired) electrons. The molecule has 1 aliphatic heterocycles. The van der Waals surface area contributed by atoms with E-state index in [1.54, 1.807) is 32.5 Å². The van der Waals surface area contributed by atoms with Crippen LogP contribution < -0.4 is 25.4 Å². The molecule has 1 aliphatic rings. The van der Waals surface area contributed by atoms with Gasteiger partial charge in [0.1, 0.15) is 23.5 Å². The highest BCUT2D eigenvalue weighted by Gasteiger charge is 2.23. The van der Waals surface area contributed by atoms with Gasteiger partial charge in [-0.05, 0) is 32.0 Å². The van der Waals surface area contributed by atoms with E-state index < -0.39 is 11.9 Å². The molecule has 1 aromatic carbocycles. The average molecular weight is 506 g/mol. The number of benzene rings is 1. The number of hydrogen-bond acceptors (Lipinski definition) is 7. The van der Waals surface area contributed by atoms with Crippen molar-refractivity contribution < 1.29 is 13.9 Å². The summed E-state index contributed by atoms with van der Waals surface area (Å²) >= 11 is 12.4. The molecule has 2 atom stereocenters. The lowest BCUT2D eigenvalue weighted by Gasteiger charge is -2.35. The minimum Gasteiger partial charge on any atom is -0.496 e. The van der Waals surface area contributed by atoms with Crippen molar-refractivity contribution in [2.75, 3.05) is 37.4 Å². The highest BCUT2D eigenvalue weighted by Crippen LogP contribution is 2.39. The number of nitrogen functional groups attached to an aromatic ring is 1. The van der Waals surface area contributed by atoms with E-state index in [-0.39, 0.29) is 10.8 Å². The lowest BCUT2D eigenvalue weighted by molar-refractivity contribution is 0.227. The fraction of sp³-hybridized carbons (Fsp3) is 0.333. The third-order valence-electron chi connectivity index (χ3n) is 5.85. The fourth-order valence-corrected chi connectivity index (χ4v) is 4.69. The SMILES string of the molecule is COc1cc(N2CCNC[C@@H]2C)ncc1-c1cnc(N)c(O[C@H](C)c2c(Cl)ccc(F)c2Cl)c1. The minimum atomic E-state index is -0.674. The van der Waals surface area contributed by atoms with E-state index in [0.29, 0.717) is 33.7 Å². The molecule has 0 unspecified atom stereocenters. The Morgan fingerprint density at radius 1 is 1.21 bits per heavy atom. The first kappa shape index (κ1) is 24.3. The van der Waals surface area contributed by atoms with Crippen molar-refractivity contribution in [2.24, 2.45) is 0 Å². The first-order valence-electron chi connectivity index (χ1n) is 10.9. The highest BCUT2D eigenvalue weighted by atomic mass is 35.5. The summed E-state index contributed by atoms with van der Waals surface area (Å²) in [5.41, 5.74) is 7.85. The summed E-state index contributed by atoms with van der Waals surface area (Å²) in [6, 6.07) is 6.63. The molecule has 3 N–H and O–H groups in total. The molecule has 180 valence electrons. The van der Waals surface area contributed by atoms with E-state index in [2.05, 4.69) is 27.1 Å². The van der Waals surface area contributed by atoms with Gasteiger partial charge in [0, 0.05) is 65.8 Å². The van der Waals surface area contributed by atoms with Crippen LogP contribution in [0.3, 0.4) is 0 Å². The summed E-state index contributed by atoms with van der Waals surface area (Å²) in [4.78, 5) is 11.2. The summed E-state index contributed by atoms with van der Waals surface area (Å²) in [5.74, 6) is 1.41. The molecule has 1 fully saturated rings. The van der Waals surface area contributed by atoms with Crippen LogP contribution in [0.4, 0.5) is 16.0 Å². The summed E-state index contributed by atoms with van der Waals surface area (Å²) in [7, 11) is 1.61. The normalized spacial score (nSPS) is 16.9. The minimum absolute atomic E-state index is 0.0914. The third kappa shape index (κ3) is 4.85. The van der Waals surface area contributed by atoms with Crippen molar-refractivity contribution in [3.05, 3.63) is 58.1 Å². The van der Waals surface area contributed by atoms with Crippen LogP contribution in [0.5, 0.6) is 11.5 Å². The summed E-state index contributed by atoms with van der Waals surface area (Å²) in [6.45, 7) is 6.52. The maximum atomic E-state index is 14.0. The lowest BCUT2D eigenvalue weighted by Crippen LogP contribution is -2.50. The highest BCUT2D eigenvalue weighted by molar-refractivity contribution is 6.36. The quantitative estimate of drug-likeness (QED) is 0.449. The standard InChI is InChI=1S/C24H26Cl2FN5O2/c1-13-10-29-6-7-32(13)21-9-19(33-3)16(12-30-21)15-8-20(24(28)31-11-15)34-14(2)22-17(25)4-5-18(27)23(22)26/h4-5,8-9,11-14,29H,6-7,10H2,1-3H3,(H2,28,31)/t13-,14+/m0/s1. The lowest BCUT2D eigenvalue weighted by atomic mass is 10.1. The van der Waals surface area contributed by atoms with Crippen LogP contribution in [-0.2, 0) is 0 Å². The van der Waals surface area contributed by atoms with Gasteiger partial charge in [0.15, 0.2) is 11.6 Å².